The Kier molecular flexibility index (Phi) is 4.51. The summed E-state index contributed by atoms with van der Waals surface area (Å²) in [6.07, 6.45) is 10.1. The lowest BCUT2D eigenvalue weighted by atomic mass is 9.94. The molecule has 0 saturated heterocycles. The zero-order valence-electron chi connectivity index (χ0n) is 12.3. The first-order chi connectivity index (χ1) is 10.2. The summed E-state index contributed by atoms with van der Waals surface area (Å²) < 4.78 is 0. The number of hydrogen-bond donors (Lipinski definition) is 1. The molecule has 2 aromatic rings. The van der Waals surface area contributed by atoms with Crippen LogP contribution >= 0.6 is 11.3 Å². The molecule has 4 nitrogen and oxygen atoms in total. The topological polar surface area (TPSA) is 49.0 Å². The predicted molar refractivity (Wildman–Crippen MR) is 86.5 cm³/mol. The van der Waals surface area contributed by atoms with Gasteiger partial charge < -0.3 is 4.98 Å². The number of pyridine rings is 1. The third-order valence-corrected chi connectivity index (χ3v) is 5.15. The third-order valence-electron chi connectivity index (χ3n) is 4.28. The lowest BCUT2D eigenvalue weighted by molar-refractivity contribution is 0.186. The van der Waals surface area contributed by atoms with Crippen LogP contribution in [-0.2, 0) is 6.54 Å². The van der Waals surface area contributed by atoms with E-state index in [1.54, 1.807) is 12.4 Å². The Bertz CT molecular complexity index is 628. The molecule has 0 atom stereocenters. The number of nitrogens with zero attached hydrogens (tertiary/aromatic N) is 2. The van der Waals surface area contributed by atoms with Crippen LogP contribution < -0.4 is 4.87 Å². The molecule has 1 aliphatic rings. The highest BCUT2D eigenvalue weighted by Gasteiger charge is 2.20. The molecule has 1 N–H and O–H groups in total. The summed E-state index contributed by atoms with van der Waals surface area (Å²) in [5, 5.41) is 0. The molecule has 2 aromatic heterocycles. The second-order valence-electron chi connectivity index (χ2n) is 5.76. The van der Waals surface area contributed by atoms with Crippen LogP contribution in [0.15, 0.2) is 29.3 Å². The smallest absolute Gasteiger partial charge is 0.305 e. The van der Waals surface area contributed by atoms with E-state index in [0.717, 1.165) is 22.7 Å². The number of H-pyrrole nitrogens is 1. The third kappa shape index (κ3) is 3.41. The molecule has 0 amide bonds. The van der Waals surface area contributed by atoms with Gasteiger partial charge in [-0.05, 0) is 32.0 Å². The van der Waals surface area contributed by atoms with Gasteiger partial charge in [0.25, 0.3) is 0 Å². The van der Waals surface area contributed by atoms with Crippen molar-refractivity contribution in [3.05, 3.63) is 39.1 Å². The highest BCUT2D eigenvalue weighted by Crippen LogP contribution is 2.27. The molecule has 1 aliphatic carbocycles. The van der Waals surface area contributed by atoms with Crippen molar-refractivity contribution in [1.82, 2.24) is 14.9 Å². The Morgan fingerprint density at radius 3 is 2.71 bits per heavy atom. The average molecular weight is 303 g/mol. The predicted octanol–water partition coefficient (Wildman–Crippen LogP) is 3.26. The van der Waals surface area contributed by atoms with Crippen LogP contribution in [-0.4, -0.2) is 28.0 Å². The van der Waals surface area contributed by atoms with Crippen molar-refractivity contribution in [2.45, 2.75) is 44.7 Å². The fraction of sp³-hybridized carbons (Fsp3) is 0.500. The van der Waals surface area contributed by atoms with Gasteiger partial charge in [0.2, 0.25) is 0 Å². The van der Waals surface area contributed by atoms with Gasteiger partial charge in [-0.25, -0.2) is 0 Å². The molecule has 2 heterocycles. The van der Waals surface area contributed by atoms with E-state index in [9.17, 15) is 4.79 Å². The molecule has 0 radical (unpaired) electrons. The fourth-order valence-corrected chi connectivity index (χ4v) is 4.02. The molecular formula is C16H21N3OS. The minimum Gasteiger partial charge on any atom is -0.312 e. The van der Waals surface area contributed by atoms with E-state index in [1.165, 1.54) is 43.4 Å². The van der Waals surface area contributed by atoms with Gasteiger partial charge in [-0.2, -0.15) is 0 Å². The van der Waals surface area contributed by atoms with Crippen molar-refractivity contribution >= 4 is 11.3 Å². The Hall–Kier alpha value is -1.46. The molecular weight excluding hydrogens is 282 g/mol. The number of rotatable bonds is 4. The summed E-state index contributed by atoms with van der Waals surface area (Å²) in [7, 11) is 2.18. The monoisotopic (exact) mass is 303 g/mol. The van der Waals surface area contributed by atoms with E-state index in [0.29, 0.717) is 6.04 Å². The van der Waals surface area contributed by atoms with Crippen LogP contribution in [0.25, 0.3) is 11.3 Å². The number of aromatic amines is 1. The van der Waals surface area contributed by atoms with Crippen LogP contribution in [0, 0.1) is 0 Å². The van der Waals surface area contributed by atoms with Crippen LogP contribution in [0.4, 0.5) is 0 Å². The van der Waals surface area contributed by atoms with Crippen molar-refractivity contribution < 1.29 is 0 Å². The maximum Gasteiger partial charge on any atom is 0.305 e. The average Bonchev–Trinajstić information content (AvgIpc) is 2.89. The van der Waals surface area contributed by atoms with Gasteiger partial charge in [-0.15, -0.1) is 0 Å². The minimum absolute atomic E-state index is 0.0221. The number of aromatic nitrogens is 2. The largest absolute Gasteiger partial charge is 0.312 e. The van der Waals surface area contributed by atoms with Gasteiger partial charge in [0.05, 0.1) is 5.69 Å². The Morgan fingerprint density at radius 2 is 2.00 bits per heavy atom. The molecule has 0 aromatic carbocycles. The number of hydrogen-bond acceptors (Lipinski definition) is 4. The molecule has 0 unspecified atom stereocenters. The maximum absolute atomic E-state index is 11.8. The van der Waals surface area contributed by atoms with Gasteiger partial charge >= 0.3 is 4.87 Å². The summed E-state index contributed by atoms with van der Waals surface area (Å²) in [6, 6.07) is 4.55. The maximum atomic E-state index is 11.8. The number of thiazole rings is 1. The van der Waals surface area contributed by atoms with Gasteiger partial charge in [0.1, 0.15) is 0 Å². The Morgan fingerprint density at radius 1 is 1.29 bits per heavy atom. The van der Waals surface area contributed by atoms with E-state index in [2.05, 4.69) is 21.9 Å². The summed E-state index contributed by atoms with van der Waals surface area (Å²) in [4.78, 5) is 22.3. The summed E-state index contributed by atoms with van der Waals surface area (Å²) >= 11 is 1.33. The molecule has 0 aliphatic heterocycles. The standard InChI is InChI=1S/C16H21N3OS/c1-19(13-5-3-2-4-6-13)11-14-15(18-16(20)21-14)12-7-9-17-10-8-12/h7-10,13H,2-6,11H2,1H3,(H,18,20). The van der Waals surface area contributed by atoms with Crippen LogP contribution in [0.5, 0.6) is 0 Å². The van der Waals surface area contributed by atoms with Crippen molar-refractivity contribution in [3.8, 4) is 11.3 Å². The van der Waals surface area contributed by atoms with Gasteiger partial charge in [0, 0.05) is 35.4 Å². The highest BCUT2D eigenvalue weighted by molar-refractivity contribution is 7.09. The zero-order valence-corrected chi connectivity index (χ0v) is 13.2. The second-order valence-corrected chi connectivity index (χ2v) is 6.82. The first-order valence-corrected chi connectivity index (χ1v) is 8.38. The zero-order chi connectivity index (χ0) is 14.7. The molecule has 3 rings (SSSR count). The van der Waals surface area contributed by atoms with E-state index < -0.39 is 0 Å². The molecule has 21 heavy (non-hydrogen) atoms. The van der Waals surface area contributed by atoms with E-state index in [4.69, 9.17) is 0 Å². The van der Waals surface area contributed by atoms with E-state index in [1.807, 2.05) is 12.1 Å². The molecule has 112 valence electrons. The molecule has 1 fully saturated rings. The van der Waals surface area contributed by atoms with Crippen molar-refractivity contribution in [3.63, 3.8) is 0 Å². The fourth-order valence-electron chi connectivity index (χ4n) is 3.10. The van der Waals surface area contributed by atoms with Gasteiger partial charge in [-0.3, -0.25) is 14.7 Å². The quantitative estimate of drug-likeness (QED) is 0.943. The minimum atomic E-state index is 0.0221. The van der Waals surface area contributed by atoms with Crippen LogP contribution in [0.1, 0.15) is 37.0 Å². The normalized spacial score (nSPS) is 16.5. The van der Waals surface area contributed by atoms with Crippen molar-refractivity contribution in [1.29, 1.82) is 0 Å². The highest BCUT2D eigenvalue weighted by atomic mass is 32.1. The van der Waals surface area contributed by atoms with Crippen LogP contribution in [0.2, 0.25) is 0 Å². The lowest BCUT2D eigenvalue weighted by Gasteiger charge is -2.30. The first-order valence-electron chi connectivity index (χ1n) is 7.56. The summed E-state index contributed by atoms with van der Waals surface area (Å²) in [5.74, 6) is 0. The Balaban J connectivity index is 1.80. The van der Waals surface area contributed by atoms with E-state index >= 15 is 0 Å². The molecule has 0 spiro atoms. The summed E-state index contributed by atoms with van der Waals surface area (Å²) in [5.41, 5.74) is 1.99. The van der Waals surface area contributed by atoms with Crippen molar-refractivity contribution in [2.24, 2.45) is 0 Å². The first kappa shape index (κ1) is 14.5. The summed E-state index contributed by atoms with van der Waals surface area (Å²) in [6.45, 7) is 0.839. The molecule has 5 heteroatoms. The van der Waals surface area contributed by atoms with Gasteiger partial charge in [0.15, 0.2) is 0 Å². The molecule has 1 saturated carbocycles. The van der Waals surface area contributed by atoms with Crippen molar-refractivity contribution in [2.75, 3.05) is 7.05 Å². The molecule has 0 bridgehead atoms. The number of nitrogens with one attached hydrogen (secondary N) is 1. The van der Waals surface area contributed by atoms with Crippen LogP contribution in [0.3, 0.4) is 0 Å². The van der Waals surface area contributed by atoms with E-state index in [-0.39, 0.29) is 4.87 Å². The lowest BCUT2D eigenvalue weighted by Crippen LogP contribution is -2.32. The Labute approximate surface area is 128 Å². The SMILES string of the molecule is CN(Cc1sc(=O)[nH]c1-c1ccncc1)C1CCCCC1. The second kappa shape index (κ2) is 6.54. The van der Waals surface area contributed by atoms with Gasteiger partial charge in [-0.1, -0.05) is 30.6 Å².